The van der Waals surface area contributed by atoms with Crippen LogP contribution in [0.2, 0.25) is 5.02 Å². The van der Waals surface area contributed by atoms with Gasteiger partial charge in [-0.05, 0) is 24.6 Å². The number of benzene rings is 2. The fourth-order valence-electron chi connectivity index (χ4n) is 2.25. The van der Waals surface area contributed by atoms with E-state index in [1.54, 1.807) is 0 Å². The van der Waals surface area contributed by atoms with Crippen LogP contribution in [0.25, 0.3) is 0 Å². The average Bonchev–Trinajstić information content (AvgIpc) is 2.65. The second-order valence-electron chi connectivity index (χ2n) is 5.44. The topological polar surface area (TPSA) is 73.9 Å². The quantitative estimate of drug-likeness (QED) is 0.750. The summed E-state index contributed by atoms with van der Waals surface area (Å²) < 4.78 is 15.5. The van der Waals surface area contributed by atoms with Crippen LogP contribution in [0.3, 0.4) is 0 Å². The molecule has 0 fully saturated rings. The highest BCUT2D eigenvalue weighted by molar-refractivity contribution is 6.32. The molecule has 7 heteroatoms. The smallest absolute Gasteiger partial charge is 0.339 e. The van der Waals surface area contributed by atoms with Crippen molar-refractivity contribution in [3.8, 4) is 11.5 Å². The fourth-order valence-corrected chi connectivity index (χ4v) is 2.53. The molecular weight excluding hydrogens is 358 g/mol. The lowest BCUT2D eigenvalue weighted by Gasteiger charge is -2.15. The van der Waals surface area contributed by atoms with Gasteiger partial charge in [0.15, 0.2) is 17.6 Å². The van der Waals surface area contributed by atoms with E-state index in [0.717, 1.165) is 5.56 Å². The van der Waals surface area contributed by atoms with Gasteiger partial charge in [-0.2, -0.15) is 0 Å². The van der Waals surface area contributed by atoms with Crippen molar-refractivity contribution in [2.24, 2.45) is 0 Å². The number of carbonyl (C=O) groups is 2. The monoisotopic (exact) mass is 377 g/mol. The Labute approximate surface area is 157 Å². The first-order chi connectivity index (χ1) is 12.5. The van der Waals surface area contributed by atoms with Gasteiger partial charge in [0.1, 0.15) is 0 Å². The number of hydrogen-bond donors (Lipinski definition) is 1. The van der Waals surface area contributed by atoms with Crippen molar-refractivity contribution in [3.05, 3.63) is 58.6 Å². The Bertz CT molecular complexity index is 779. The third-order valence-corrected chi connectivity index (χ3v) is 3.91. The van der Waals surface area contributed by atoms with Gasteiger partial charge in [-0.3, -0.25) is 4.79 Å². The third-order valence-electron chi connectivity index (χ3n) is 3.63. The van der Waals surface area contributed by atoms with Crippen LogP contribution in [-0.2, 0) is 16.1 Å². The summed E-state index contributed by atoms with van der Waals surface area (Å²) in [6.45, 7) is 1.85. The van der Waals surface area contributed by atoms with Crippen LogP contribution in [0.5, 0.6) is 11.5 Å². The minimum absolute atomic E-state index is 0.162. The number of amides is 1. The Morgan fingerprint density at radius 3 is 2.42 bits per heavy atom. The number of carbonyl (C=O) groups excluding carboxylic acids is 2. The summed E-state index contributed by atoms with van der Waals surface area (Å²) in [5, 5.41) is 2.93. The Kier molecular flexibility index (Phi) is 6.86. The second-order valence-corrected chi connectivity index (χ2v) is 5.85. The molecule has 0 bridgehead atoms. The maximum atomic E-state index is 12.3. The zero-order valence-corrected chi connectivity index (χ0v) is 15.5. The van der Waals surface area contributed by atoms with E-state index in [4.69, 9.17) is 25.8 Å². The van der Waals surface area contributed by atoms with Crippen molar-refractivity contribution in [3.63, 3.8) is 0 Å². The Morgan fingerprint density at radius 2 is 1.81 bits per heavy atom. The molecule has 138 valence electrons. The van der Waals surface area contributed by atoms with Crippen LogP contribution in [0.1, 0.15) is 22.8 Å². The van der Waals surface area contributed by atoms with Crippen LogP contribution < -0.4 is 14.8 Å². The molecule has 1 amide bonds. The SMILES string of the molecule is COc1cc(C(=O)O[C@H](C)C(=O)NCc2ccccc2)cc(Cl)c1OC. The van der Waals surface area contributed by atoms with E-state index in [2.05, 4.69) is 5.32 Å². The number of esters is 1. The van der Waals surface area contributed by atoms with Gasteiger partial charge in [0, 0.05) is 6.54 Å². The molecule has 0 aliphatic carbocycles. The first-order valence-electron chi connectivity index (χ1n) is 7.90. The van der Waals surface area contributed by atoms with Crippen molar-refractivity contribution in [1.29, 1.82) is 0 Å². The minimum atomic E-state index is -0.960. The molecule has 6 nitrogen and oxygen atoms in total. The normalized spacial score (nSPS) is 11.4. The molecule has 0 aliphatic heterocycles. The molecular formula is C19H20ClNO5. The number of methoxy groups -OCH3 is 2. The van der Waals surface area contributed by atoms with E-state index in [-0.39, 0.29) is 10.6 Å². The summed E-state index contributed by atoms with van der Waals surface area (Å²) in [6.07, 6.45) is -0.960. The summed E-state index contributed by atoms with van der Waals surface area (Å²) >= 11 is 6.08. The maximum Gasteiger partial charge on any atom is 0.339 e. The predicted molar refractivity (Wildman–Crippen MR) is 97.7 cm³/mol. The van der Waals surface area contributed by atoms with Gasteiger partial charge in [-0.15, -0.1) is 0 Å². The lowest BCUT2D eigenvalue weighted by molar-refractivity contribution is -0.129. The maximum absolute atomic E-state index is 12.3. The largest absolute Gasteiger partial charge is 0.493 e. The molecule has 2 rings (SSSR count). The highest BCUT2D eigenvalue weighted by atomic mass is 35.5. The minimum Gasteiger partial charge on any atom is -0.493 e. The van der Waals surface area contributed by atoms with Crippen molar-refractivity contribution < 1.29 is 23.8 Å². The molecule has 0 radical (unpaired) electrons. The van der Waals surface area contributed by atoms with Gasteiger partial charge in [-0.1, -0.05) is 41.9 Å². The van der Waals surface area contributed by atoms with Gasteiger partial charge >= 0.3 is 5.97 Å². The number of nitrogens with one attached hydrogen (secondary N) is 1. The number of ether oxygens (including phenoxy) is 3. The number of halogens is 1. The van der Waals surface area contributed by atoms with E-state index in [1.165, 1.54) is 33.3 Å². The molecule has 0 unspecified atom stereocenters. The van der Waals surface area contributed by atoms with Crippen LogP contribution in [-0.4, -0.2) is 32.2 Å². The average molecular weight is 378 g/mol. The Hall–Kier alpha value is -2.73. The molecule has 0 aliphatic rings. The van der Waals surface area contributed by atoms with Crippen LogP contribution >= 0.6 is 11.6 Å². The van der Waals surface area contributed by atoms with Crippen molar-refractivity contribution in [2.45, 2.75) is 19.6 Å². The molecule has 0 heterocycles. The molecule has 0 spiro atoms. The zero-order valence-electron chi connectivity index (χ0n) is 14.7. The first-order valence-corrected chi connectivity index (χ1v) is 8.28. The number of hydrogen-bond acceptors (Lipinski definition) is 5. The van der Waals surface area contributed by atoms with Crippen LogP contribution in [0.4, 0.5) is 0 Å². The summed E-state index contributed by atoms with van der Waals surface area (Å²) in [4.78, 5) is 24.4. The van der Waals surface area contributed by atoms with E-state index in [9.17, 15) is 9.59 Å². The highest BCUT2D eigenvalue weighted by Crippen LogP contribution is 2.36. The van der Waals surface area contributed by atoms with Crippen molar-refractivity contribution in [1.82, 2.24) is 5.32 Å². The van der Waals surface area contributed by atoms with Gasteiger partial charge in [0.25, 0.3) is 5.91 Å². The van der Waals surface area contributed by atoms with Crippen LogP contribution in [0.15, 0.2) is 42.5 Å². The molecule has 2 aromatic rings. The van der Waals surface area contributed by atoms with Gasteiger partial charge in [0.05, 0.1) is 24.8 Å². The fraction of sp³-hybridized carbons (Fsp3) is 0.263. The molecule has 0 saturated heterocycles. The van der Waals surface area contributed by atoms with Gasteiger partial charge in [-0.25, -0.2) is 4.79 Å². The summed E-state index contributed by atoms with van der Waals surface area (Å²) in [6, 6.07) is 12.3. The molecule has 2 aromatic carbocycles. The first kappa shape index (κ1) is 19.6. The predicted octanol–water partition coefficient (Wildman–Crippen LogP) is 3.22. The zero-order chi connectivity index (χ0) is 19.1. The van der Waals surface area contributed by atoms with Crippen LogP contribution in [0, 0.1) is 0 Å². The Balaban J connectivity index is 2.00. The molecule has 1 atom stereocenters. The molecule has 26 heavy (non-hydrogen) atoms. The standard InChI is InChI=1S/C19H20ClNO5/c1-12(18(22)21-11-13-7-5-4-6-8-13)26-19(23)14-9-15(20)17(25-3)16(10-14)24-2/h4-10,12H,11H2,1-3H3,(H,21,22)/t12-/m1/s1. The van der Waals surface area contributed by atoms with E-state index < -0.39 is 18.0 Å². The second kappa shape index (κ2) is 9.10. The molecule has 0 aromatic heterocycles. The van der Waals surface area contributed by atoms with Gasteiger partial charge < -0.3 is 19.5 Å². The van der Waals surface area contributed by atoms with Gasteiger partial charge in [0.2, 0.25) is 0 Å². The Morgan fingerprint density at radius 1 is 1.12 bits per heavy atom. The molecule has 0 saturated carbocycles. The lowest BCUT2D eigenvalue weighted by Crippen LogP contribution is -2.35. The number of rotatable bonds is 7. The van der Waals surface area contributed by atoms with E-state index in [0.29, 0.717) is 18.0 Å². The molecule has 1 N–H and O–H groups in total. The van der Waals surface area contributed by atoms with Crippen molar-refractivity contribution in [2.75, 3.05) is 14.2 Å². The van der Waals surface area contributed by atoms with E-state index >= 15 is 0 Å². The summed E-state index contributed by atoms with van der Waals surface area (Å²) in [5.74, 6) is -0.462. The summed E-state index contributed by atoms with van der Waals surface area (Å²) in [5.41, 5.74) is 1.11. The van der Waals surface area contributed by atoms with E-state index in [1.807, 2.05) is 30.3 Å². The highest BCUT2D eigenvalue weighted by Gasteiger charge is 2.21. The van der Waals surface area contributed by atoms with Crippen molar-refractivity contribution >= 4 is 23.5 Å². The third kappa shape index (κ3) is 4.89. The summed E-state index contributed by atoms with van der Waals surface area (Å²) in [7, 11) is 2.88. The lowest BCUT2D eigenvalue weighted by atomic mass is 10.2.